The first-order chi connectivity index (χ1) is 23.0. The Hall–Kier alpha value is -3.84. The van der Waals surface area contributed by atoms with Gasteiger partial charge in [-0.05, 0) is 35.9 Å². The standard InChI is InChI=1S/C28H27ClF3N6O9PS/c1-14-23(39)20(46-26(14)38-13-35-22-24(37-49(2,42)43)33-12-34-25(22)38)11-45-48(41,47-16-8-6-15(29)7-9-16)36-21-17-4-3-5-19(28(30,31)32)18(17)10-44-27(21)40/h3-9,12-14,20-21,23,26,39H,10-11H2,1-2H3,(H,36,41)(H,33,34,37)/t14?,20?,21?,23-,26?,48?/m0/s1. The van der Waals surface area contributed by atoms with Crippen LogP contribution in [0, 0.1) is 5.92 Å². The molecule has 1 saturated heterocycles. The largest absolute Gasteiger partial charge is 0.459 e. The Morgan fingerprint density at radius 2 is 1.90 bits per heavy atom. The average molecular weight is 747 g/mol. The van der Waals surface area contributed by atoms with Crippen molar-refractivity contribution in [3.63, 3.8) is 0 Å². The zero-order valence-corrected chi connectivity index (χ0v) is 27.8. The Morgan fingerprint density at radius 3 is 2.59 bits per heavy atom. The molecule has 2 aromatic heterocycles. The van der Waals surface area contributed by atoms with Gasteiger partial charge in [-0.2, -0.15) is 18.3 Å². The summed E-state index contributed by atoms with van der Waals surface area (Å²) in [5, 5.41) is 13.9. The van der Waals surface area contributed by atoms with E-state index in [1.54, 1.807) is 6.92 Å². The summed E-state index contributed by atoms with van der Waals surface area (Å²) in [7, 11) is -8.39. The summed E-state index contributed by atoms with van der Waals surface area (Å²) in [6, 6.07) is 7.07. The second-order valence-corrected chi connectivity index (χ2v) is 15.1. The minimum atomic E-state index is -4.76. The first kappa shape index (κ1) is 35.0. The Bertz CT molecular complexity index is 2050. The third kappa shape index (κ3) is 7.38. The minimum Gasteiger partial charge on any atom is -0.459 e. The van der Waals surface area contributed by atoms with Crippen LogP contribution >= 0.6 is 19.3 Å². The summed E-state index contributed by atoms with van der Waals surface area (Å²) < 4.78 is 105. The second kappa shape index (κ2) is 13.1. The van der Waals surface area contributed by atoms with Crippen LogP contribution in [0.15, 0.2) is 55.1 Å². The van der Waals surface area contributed by atoms with Crippen LogP contribution in [0.2, 0.25) is 5.02 Å². The lowest BCUT2D eigenvalue weighted by Crippen LogP contribution is -2.36. The van der Waals surface area contributed by atoms with Gasteiger partial charge in [-0.15, -0.1) is 0 Å². The number of alkyl halides is 3. The lowest BCUT2D eigenvalue weighted by atomic mass is 9.94. The van der Waals surface area contributed by atoms with Gasteiger partial charge in [0.1, 0.15) is 37.1 Å². The number of carbonyl (C=O) groups is 1. The monoisotopic (exact) mass is 746 g/mol. The molecule has 21 heteroatoms. The zero-order chi connectivity index (χ0) is 35.3. The molecule has 49 heavy (non-hydrogen) atoms. The number of aromatic nitrogens is 4. The highest BCUT2D eigenvalue weighted by Gasteiger charge is 2.46. The molecule has 2 aliphatic rings. The molecule has 15 nitrogen and oxygen atoms in total. The predicted molar refractivity (Wildman–Crippen MR) is 166 cm³/mol. The van der Waals surface area contributed by atoms with E-state index in [1.807, 2.05) is 0 Å². The van der Waals surface area contributed by atoms with Crippen LogP contribution in [0.25, 0.3) is 11.2 Å². The maximum absolute atomic E-state index is 14.3. The maximum Gasteiger partial charge on any atom is 0.459 e. The predicted octanol–water partition coefficient (Wildman–Crippen LogP) is 4.36. The number of sulfonamides is 1. The Morgan fingerprint density at radius 1 is 1.16 bits per heavy atom. The van der Waals surface area contributed by atoms with Crippen LogP contribution in [0.4, 0.5) is 19.0 Å². The first-order valence-electron chi connectivity index (χ1n) is 14.3. The minimum absolute atomic E-state index is 0.0316. The van der Waals surface area contributed by atoms with Crippen molar-refractivity contribution < 1.29 is 54.6 Å². The molecule has 4 heterocycles. The van der Waals surface area contributed by atoms with E-state index in [2.05, 4.69) is 24.8 Å². The molecule has 0 amide bonds. The molecule has 3 N–H and O–H groups in total. The van der Waals surface area contributed by atoms with Crippen molar-refractivity contribution in [3.8, 4) is 5.75 Å². The number of halogens is 4. The highest BCUT2D eigenvalue weighted by molar-refractivity contribution is 7.92. The molecule has 0 saturated carbocycles. The molecule has 262 valence electrons. The average Bonchev–Trinajstić information content (AvgIpc) is 3.58. The van der Waals surface area contributed by atoms with Crippen molar-refractivity contribution in [2.45, 2.75) is 44.2 Å². The molecule has 4 aromatic rings. The van der Waals surface area contributed by atoms with Gasteiger partial charge in [0.25, 0.3) is 0 Å². The van der Waals surface area contributed by atoms with Crippen molar-refractivity contribution in [1.29, 1.82) is 0 Å². The number of esters is 1. The number of nitrogens with one attached hydrogen (secondary N) is 2. The number of hydrogen-bond donors (Lipinski definition) is 3. The third-order valence-corrected chi connectivity index (χ3v) is 10.1. The van der Waals surface area contributed by atoms with Crippen LogP contribution in [-0.2, 0) is 46.2 Å². The fourth-order valence-electron chi connectivity index (χ4n) is 5.47. The van der Waals surface area contributed by atoms with Crippen molar-refractivity contribution in [1.82, 2.24) is 24.6 Å². The van der Waals surface area contributed by atoms with Crippen molar-refractivity contribution in [2.75, 3.05) is 17.6 Å². The van der Waals surface area contributed by atoms with Gasteiger partial charge >= 0.3 is 19.9 Å². The Labute approximate surface area is 281 Å². The summed E-state index contributed by atoms with van der Waals surface area (Å²) >= 11 is 5.96. The number of carbonyl (C=O) groups excluding carboxylic acids is 1. The fraction of sp³-hybridized carbons (Fsp3) is 0.357. The molecule has 0 spiro atoms. The summed E-state index contributed by atoms with van der Waals surface area (Å²) in [4.78, 5) is 25.2. The van der Waals surface area contributed by atoms with Crippen LogP contribution in [0.1, 0.15) is 35.9 Å². The number of anilines is 1. The van der Waals surface area contributed by atoms with Gasteiger partial charge in [-0.25, -0.2) is 32.7 Å². The number of aliphatic hydroxyl groups excluding tert-OH is 1. The van der Waals surface area contributed by atoms with Gasteiger partial charge < -0.3 is 19.1 Å². The molecular formula is C28H27ClF3N6O9PS. The molecule has 6 rings (SSSR count). The van der Waals surface area contributed by atoms with E-state index in [4.69, 9.17) is 30.1 Å². The highest BCUT2D eigenvalue weighted by atomic mass is 35.5. The van der Waals surface area contributed by atoms with Gasteiger partial charge in [0.05, 0.1) is 30.9 Å². The molecule has 0 bridgehead atoms. The van der Waals surface area contributed by atoms with E-state index in [-0.39, 0.29) is 33.9 Å². The lowest BCUT2D eigenvalue weighted by Gasteiger charge is -2.30. The van der Waals surface area contributed by atoms with E-state index in [0.29, 0.717) is 5.02 Å². The van der Waals surface area contributed by atoms with E-state index in [9.17, 15) is 36.1 Å². The molecule has 0 aliphatic carbocycles. The van der Waals surface area contributed by atoms with E-state index in [1.165, 1.54) is 41.2 Å². The number of ether oxygens (including phenoxy) is 2. The Balaban J connectivity index is 1.27. The summed E-state index contributed by atoms with van der Waals surface area (Å²) in [5.41, 5.74) is -1.21. The highest BCUT2D eigenvalue weighted by Crippen LogP contribution is 2.50. The van der Waals surface area contributed by atoms with Crippen LogP contribution < -0.4 is 14.3 Å². The second-order valence-electron chi connectivity index (χ2n) is 11.2. The first-order valence-corrected chi connectivity index (χ1v) is 18.2. The van der Waals surface area contributed by atoms with Crippen molar-refractivity contribution in [2.24, 2.45) is 5.92 Å². The van der Waals surface area contributed by atoms with Gasteiger partial charge in [0, 0.05) is 16.5 Å². The van der Waals surface area contributed by atoms with E-state index in [0.717, 1.165) is 24.7 Å². The van der Waals surface area contributed by atoms with Crippen LogP contribution in [-0.4, -0.2) is 64.1 Å². The SMILES string of the molecule is CC1C(n2cnc3c(NS(C)(=O)=O)ncnc32)OC(COP(=O)(NC2C(=O)OCc3c2cccc3C(F)(F)F)Oc2ccc(Cl)cc2)[C@H]1O. The smallest absolute Gasteiger partial charge is 0.459 e. The molecular weight excluding hydrogens is 720 g/mol. The number of imidazole rings is 1. The molecule has 1 fully saturated rings. The quantitative estimate of drug-likeness (QED) is 0.153. The number of cyclic esters (lactones) is 1. The van der Waals surface area contributed by atoms with E-state index >= 15 is 0 Å². The Kier molecular flexibility index (Phi) is 9.38. The van der Waals surface area contributed by atoms with Crippen LogP contribution in [0.5, 0.6) is 5.75 Å². The van der Waals surface area contributed by atoms with Gasteiger partial charge in [0.15, 0.2) is 17.0 Å². The zero-order valence-electron chi connectivity index (χ0n) is 25.4. The van der Waals surface area contributed by atoms with Gasteiger partial charge in [0.2, 0.25) is 10.0 Å². The number of aliphatic hydroxyl groups is 1. The number of rotatable bonds is 10. The molecule has 6 atom stereocenters. The van der Waals surface area contributed by atoms with E-state index < -0.39 is 79.1 Å². The van der Waals surface area contributed by atoms with Crippen molar-refractivity contribution >= 4 is 52.3 Å². The number of benzene rings is 2. The lowest BCUT2D eigenvalue weighted by molar-refractivity contribution is -0.152. The van der Waals surface area contributed by atoms with Crippen LogP contribution in [0.3, 0.4) is 0 Å². The molecule has 5 unspecified atom stereocenters. The number of nitrogens with zero attached hydrogens (tertiary/aromatic N) is 4. The molecule has 0 radical (unpaired) electrons. The molecule has 2 aliphatic heterocycles. The fourth-order valence-corrected chi connectivity index (χ4v) is 7.58. The van der Waals surface area contributed by atoms with Crippen molar-refractivity contribution in [3.05, 3.63) is 76.8 Å². The summed E-state index contributed by atoms with van der Waals surface area (Å²) in [6.45, 7) is 0.388. The topological polar surface area (TPSA) is 193 Å². The number of fused-ring (bicyclic) bond motifs is 2. The third-order valence-electron chi connectivity index (χ3n) is 7.76. The van der Waals surface area contributed by atoms with Gasteiger partial charge in [-0.3, -0.25) is 13.8 Å². The summed E-state index contributed by atoms with van der Waals surface area (Å²) in [6.07, 6.45) is -4.72. The maximum atomic E-state index is 14.3. The molecule has 2 aromatic carbocycles. The number of hydrogen-bond acceptors (Lipinski definition) is 12. The normalized spacial score (nSPS) is 23.9. The van der Waals surface area contributed by atoms with Gasteiger partial charge in [-0.1, -0.05) is 30.7 Å². The summed E-state index contributed by atoms with van der Waals surface area (Å²) in [5.74, 6) is -1.79.